The fourth-order valence-electron chi connectivity index (χ4n) is 3.16. The predicted octanol–water partition coefficient (Wildman–Crippen LogP) is 4.51. The number of hydrogen-bond acceptors (Lipinski definition) is 3. The number of unbranched alkanes of at least 4 members (excludes halogenated alkanes) is 8. The van der Waals surface area contributed by atoms with Gasteiger partial charge < -0.3 is 15.5 Å². The number of benzene rings is 1. The highest BCUT2D eigenvalue weighted by Gasteiger charge is 2.17. The van der Waals surface area contributed by atoms with Gasteiger partial charge in [0, 0.05) is 6.42 Å². The molecule has 0 aliphatic carbocycles. The van der Waals surface area contributed by atoms with Crippen molar-refractivity contribution in [1.82, 2.24) is 5.32 Å². The molecule has 4 nitrogen and oxygen atoms in total. The quantitative estimate of drug-likeness (QED) is 0.402. The highest BCUT2D eigenvalue weighted by atomic mass is 16.3. The summed E-state index contributed by atoms with van der Waals surface area (Å²) in [6.45, 7) is 2.07. The van der Waals surface area contributed by atoms with Crippen molar-refractivity contribution in [3.8, 4) is 0 Å². The predicted molar refractivity (Wildman–Crippen MR) is 107 cm³/mol. The topological polar surface area (TPSA) is 69.6 Å². The van der Waals surface area contributed by atoms with Crippen LogP contribution >= 0.6 is 0 Å². The van der Waals surface area contributed by atoms with Crippen LogP contribution in [0.25, 0.3) is 0 Å². The molecule has 0 aromatic heterocycles. The molecule has 2 atom stereocenters. The first-order valence-corrected chi connectivity index (χ1v) is 10.3. The number of rotatable bonds is 15. The number of nitrogens with one attached hydrogen (secondary N) is 1. The molecule has 0 aliphatic heterocycles. The maximum Gasteiger partial charge on any atom is 0.220 e. The Kier molecular flexibility index (Phi) is 12.8. The average Bonchev–Trinajstić information content (AvgIpc) is 2.66. The summed E-state index contributed by atoms with van der Waals surface area (Å²) in [5.41, 5.74) is 0.805. The lowest BCUT2D eigenvalue weighted by Crippen LogP contribution is -2.38. The van der Waals surface area contributed by atoms with E-state index in [2.05, 4.69) is 12.2 Å². The van der Waals surface area contributed by atoms with Gasteiger partial charge in [-0.05, 0) is 18.4 Å². The second-order valence-corrected chi connectivity index (χ2v) is 7.19. The Balaban J connectivity index is 2.12. The molecular formula is C22H37NO3. The first kappa shape index (κ1) is 22.7. The van der Waals surface area contributed by atoms with E-state index in [1.54, 1.807) is 0 Å². The lowest BCUT2D eigenvalue weighted by atomic mass is 10.0. The van der Waals surface area contributed by atoms with Gasteiger partial charge in [0.25, 0.3) is 0 Å². The van der Waals surface area contributed by atoms with E-state index in [9.17, 15) is 15.0 Å². The van der Waals surface area contributed by atoms with Gasteiger partial charge in [-0.1, -0.05) is 88.6 Å². The molecule has 1 rings (SSSR count). The molecule has 0 saturated heterocycles. The van der Waals surface area contributed by atoms with Crippen LogP contribution in [0.15, 0.2) is 30.3 Å². The molecular weight excluding hydrogens is 326 g/mol. The van der Waals surface area contributed by atoms with Gasteiger partial charge in [-0.15, -0.1) is 0 Å². The van der Waals surface area contributed by atoms with Crippen LogP contribution in [-0.4, -0.2) is 28.8 Å². The van der Waals surface area contributed by atoms with Crippen LogP contribution in [0.2, 0.25) is 0 Å². The van der Waals surface area contributed by atoms with E-state index < -0.39 is 12.1 Å². The van der Waals surface area contributed by atoms with E-state index in [4.69, 9.17) is 0 Å². The van der Waals surface area contributed by atoms with E-state index in [1.165, 1.54) is 44.9 Å². The van der Waals surface area contributed by atoms with Crippen LogP contribution in [0.1, 0.15) is 89.2 Å². The molecule has 0 bridgehead atoms. The summed E-state index contributed by atoms with van der Waals surface area (Å²) in [4.78, 5) is 12.0. The van der Waals surface area contributed by atoms with Crippen molar-refractivity contribution in [2.24, 2.45) is 0 Å². The van der Waals surface area contributed by atoms with Crippen LogP contribution in [0.4, 0.5) is 0 Å². The van der Waals surface area contributed by atoms with Crippen molar-refractivity contribution in [3.05, 3.63) is 35.9 Å². The number of carbonyl (C=O) groups is 1. The Labute approximate surface area is 159 Å². The Morgan fingerprint density at radius 3 is 2.12 bits per heavy atom. The lowest BCUT2D eigenvalue weighted by Gasteiger charge is -2.20. The molecule has 0 spiro atoms. The minimum Gasteiger partial charge on any atom is -0.394 e. The Hall–Kier alpha value is -1.39. The second kappa shape index (κ2) is 14.7. The number of aliphatic hydroxyl groups is 2. The van der Waals surface area contributed by atoms with Crippen LogP contribution in [0.3, 0.4) is 0 Å². The largest absolute Gasteiger partial charge is 0.394 e. The molecule has 0 aliphatic rings. The zero-order chi connectivity index (χ0) is 19.0. The van der Waals surface area contributed by atoms with Crippen molar-refractivity contribution < 1.29 is 15.0 Å². The van der Waals surface area contributed by atoms with Gasteiger partial charge in [0.2, 0.25) is 5.91 Å². The molecule has 26 heavy (non-hydrogen) atoms. The molecule has 3 N–H and O–H groups in total. The third-order valence-corrected chi connectivity index (χ3v) is 4.79. The van der Waals surface area contributed by atoms with Gasteiger partial charge in [-0.2, -0.15) is 0 Å². The first-order chi connectivity index (χ1) is 12.7. The fourth-order valence-corrected chi connectivity index (χ4v) is 3.16. The van der Waals surface area contributed by atoms with E-state index >= 15 is 0 Å². The van der Waals surface area contributed by atoms with Crippen LogP contribution in [0.5, 0.6) is 0 Å². The summed E-state index contributed by atoms with van der Waals surface area (Å²) in [6, 6.07) is 8.93. The molecule has 4 heteroatoms. The Morgan fingerprint density at radius 2 is 1.54 bits per heavy atom. The highest BCUT2D eigenvalue weighted by Crippen LogP contribution is 2.18. The van der Waals surface area contributed by atoms with Crippen molar-refractivity contribution >= 4 is 5.91 Å². The summed E-state index contributed by atoms with van der Waals surface area (Å²) in [5, 5.41) is 22.5. The van der Waals surface area contributed by atoms with Gasteiger partial charge in [-0.25, -0.2) is 0 Å². The standard InChI is InChI=1S/C22H37NO3/c1-2-3-4-5-6-7-8-9-13-16-22(26)23-20(18-24)17-21(25)19-14-11-10-12-15-19/h10-12,14-15,20-21,24-25H,2-9,13,16-18H2,1H3,(H,23,26)/t20-,21+/m1/s1. The Bertz CT molecular complexity index is 464. The fraction of sp³-hybridized carbons (Fsp3) is 0.682. The minimum atomic E-state index is -0.679. The van der Waals surface area contributed by atoms with Gasteiger partial charge in [-0.3, -0.25) is 4.79 Å². The Morgan fingerprint density at radius 1 is 0.962 bits per heavy atom. The maximum absolute atomic E-state index is 12.0. The summed E-state index contributed by atoms with van der Waals surface area (Å²) >= 11 is 0. The molecule has 148 valence electrons. The third kappa shape index (κ3) is 10.6. The third-order valence-electron chi connectivity index (χ3n) is 4.79. The van der Waals surface area contributed by atoms with Crippen molar-refractivity contribution in [3.63, 3.8) is 0 Å². The molecule has 1 amide bonds. The van der Waals surface area contributed by atoms with Crippen LogP contribution in [0, 0.1) is 0 Å². The molecule has 0 radical (unpaired) electrons. The van der Waals surface area contributed by atoms with Crippen molar-refractivity contribution in [1.29, 1.82) is 0 Å². The summed E-state index contributed by atoms with van der Waals surface area (Å²) in [6.07, 6.45) is 11.2. The smallest absolute Gasteiger partial charge is 0.220 e. The number of carbonyl (C=O) groups excluding carboxylic acids is 1. The summed E-state index contributed by atoms with van der Waals surface area (Å²) in [7, 11) is 0. The van der Waals surface area contributed by atoms with Crippen LogP contribution < -0.4 is 5.32 Å². The molecule has 0 heterocycles. The average molecular weight is 364 g/mol. The first-order valence-electron chi connectivity index (χ1n) is 10.3. The number of amides is 1. The molecule has 1 aromatic rings. The summed E-state index contributed by atoms with van der Waals surface area (Å²) < 4.78 is 0. The molecule has 0 unspecified atom stereocenters. The summed E-state index contributed by atoms with van der Waals surface area (Å²) in [5.74, 6) is -0.0349. The van der Waals surface area contributed by atoms with Crippen molar-refractivity contribution in [2.45, 2.75) is 89.7 Å². The normalized spacial score (nSPS) is 13.3. The van der Waals surface area contributed by atoms with Gasteiger partial charge in [0.05, 0.1) is 18.8 Å². The monoisotopic (exact) mass is 363 g/mol. The van der Waals surface area contributed by atoms with E-state index in [0.717, 1.165) is 18.4 Å². The van der Waals surface area contributed by atoms with Crippen LogP contribution in [-0.2, 0) is 4.79 Å². The number of aliphatic hydroxyl groups excluding tert-OH is 2. The lowest BCUT2D eigenvalue weighted by molar-refractivity contribution is -0.122. The SMILES string of the molecule is CCCCCCCCCCCC(=O)N[C@@H](CO)C[C@H](O)c1ccccc1. The van der Waals surface area contributed by atoms with Gasteiger partial charge in [0.1, 0.15) is 0 Å². The van der Waals surface area contributed by atoms with Crippen molar-refractivity contribution in [2.75, 3.05) is 6.61 Å². The number of hydrogen-bond donors (Lipinski definition) is 3. The van der Waals surface area contributed by atoms with E-state index in [1.807, 2.05) is 30.3 Å². The molecule has 0 saturated carbocycles. The van der Waals surface area contributed by atoms with E-state index in [-0.39, 0.29) is 12.5 Å². The maximum atomic E-state index is 12.0. The zero-order valence-electron chi connectivity index (χ0n) is 16.3. The highest BCUT2D eigenvalue weighted by molar-refractivity contribution is 5.76. The second-order valence-electron chi connectivity index (χ2n) is 7.19. The minimum absolute atomic E-state index is 0.0349. The van der Waals surface area contributed by atoms with E-state index in [0.29, 0.717) is 12.8 Å². The zero-order valence-corrected chi connectivity index (χ0v) is 16.3. The molecule has 1 aromatic carbocycles. The molecule has 0 fully saturated rings. The van der Waals surface area contributed by atoms with Gasteiger partial charge >= 0.3 is 0 Å². The van der Waals surface area contributed by atoms with Gasteiger partial charge in [0.15, 0.2) is 0 Å².